The average Bonchev–Trinajstić information content (AvgIpc) is 2.73. The quantitative estimate of drug-likeness (QED) is 0.572. The minimum Gasteiger partial charge on any atom is -0.373 e. The minimum atomic E-state index is -2.34. The van der Waals surface area contributed by atoms with Crippen LogP contribution in [0.5, 0.6) is 0 Å². The molecule has 2 aliphatic rings. The number of aromatic nitrogens is 1. The van der Waals surface area contributed by atoms with Gasteiger partial charge in [-0.3, -0.25) is 15.1 Å². The Bertz CT molecular complexity index is 744. The van der Waals surface area contributed by atoms with Crippen LogP contribution >= 0.6 is 0 Å². The Morgan fingerprint density at radius 2 is 1.77 bits per heavy atom. The number of halogens is 2. The number of pyridine rings is 1. The molecular weight excluding hydrogens is 402 g/mol. The Morgan fingerprint density at radius 3 is 2.39 bits per heavy atom. The Labute approximate surface area is 183 Å². The molecule has 0 unspecified atom stereocenters. The van der Waals surface area contributed by atoms with Crippen molar-refractivity contribution >= 4 is 23.3 Å². The molecule has 1 aromatic heterocycles. The zero-order valence-corrected chi connectivity index (χ0v) is 18.3. The SMILES string of the molecule is CNc1nc(N2CCCCCCC2)ccc1C(=N)C(=O)NC1CCN(CC(F)F)CC1. The molecule has 0 spiro atoms. The number of piperidine rings is 1. The van der Waals surface area contributed by atoms with E-state index < -0.39 is 12.3 Å². The Morgan fingerprint density at radius 1 is 1.13 bits per heavy atom. The molecule has 9 heteroatoms. The average molecular weight is 437 g/mol. The van der Waals surface area contributed by atoms with E-state index in [2.05, 4.69) is 15.5 Å². The maximum absolute atomic E-state index is 12.7. The van der Waals surface area contributed by atoms with Gasteiger partial charge >= 0.3 is 0 Å². The zero-order valence-electron chi connectivity index (χ0n) is 18.3. The lowest BCUT2D eigenvalue weighted by molar-refractivity contribution is -0.115. The van der Waals surface area contributed by atoms with Gasteiger partial charge in [0, 0.05) is 44.8 Å². The molecule has 1 aromatic rings. The number of alkyl halides is 2. The Kier molecular flexibility index (Phi) is 8.57. The predicted molar refractivity (Wildman–Crippen MR) is 120 cm³/mol. The summed E-state index contributed by atoms with van der Waals surface area (Å²) in [4.78, 5) is 21.4. The summed E-state index contributed by atoms with van der Waals surface area (Å²) >= 11 is 0. The van der Waals surface area contributed by atoms with Crippen molar-refractivity contribution in [2.75, 3.05) is 50.0 Å². The Hall–Kier alpha value is -2.29. The lowest BCUT2D eigenvalue weighted by Gasteiger charge is -2.32. The molecule has 0 saturated carbocycles. The van der Waals surface area contributed by atoms with E-state index in [1.54, 1.807) is 18.0 Å². The van der Waals surface area contributed by atoms with Gasteiger partial charge < -0.3 is 15.5 Å². The molecular formula is C22H34F2N6O. The van der Waals surface area contributed by atoms with Crippen LogP contribution in [0.2, 0.25) is 0 Å². The fourth-order valence-electron chi connectivity index (χ4n) is 4.33. The van der Waals surface area contributed by atoms with Crippen LogP contribution in [0.15, 0.2) is 12.1 Å². The first-order valence-electron chi connectivity index (χ1n) is 11.3. The van der Waals surface area contributed by atoms with Crippen molar-refractivity contribution in [3.05, 3.63) is 17.7 Å². The van der Waals surface area contributed by atoms with E-state index in [9.17, 15) is 13.6 Å². The highest BCUT2D eigenvalue weighted by Crippen LogP contribution is 2.22. The summed E-state index contributed by atoms with van der Waals surface area (Å²) in [6, 6.07) is 3.58. The molecule has 2 aliphatic heterocycles. The summed E-state index contributed by atoms with van der Waals surface area (Å²) in [5.74, 6) is 0.936. The van der Waals surface area contributed by atoms with Gasteiger partial charge in [-0.2, -0.15) is 0 Å². The number of carbonyl (C=O) groups excluding carboxylic acids is 1. The first kappa shape index (κ1) is 23.4. The lowest BCUT2D eigenvalue weighted by Crippen LogP contribution is -2.47. The van der Waals surface area contributed by atoms with Crippen molar-refractivity contribution in [3.63, 3.8) is 0 Å². The van der Waals surface area contributed by atoms with Gasteiger partial charge in [0.05, 0.1) is 6.54 Å². The number of carbonyl (C=O) groups is 1. The zero-order chi connectivity index (χ0) is 22.2. The second-order valence-electron chi connectivity index (χ2n) is 8.38. The normalized spacial score (nSPS) is 19.0. The third-order valence-corrected chi connectivity index (χ3v) is 6.11. The van der Waals surface area contributed by atoms with Crippen LogP contribution in [0.1, 0.15) is 50.5 Å². The minimum absolute atomic E-state index is 0.104. The number of rotatable bonds is 7. The summed E-state index contributed by atoms with van der Waals surface area (Å²) < 4.78 is 25.0. The van der Waals surface area contributed by atoms with E-state index in [1.165, 1.54) is 19.3 Å². The molecule has 7 nitrogen and oxygen atoms in total. The van der Waals surface area contributed by atoms with E-state index >= 15 is 0 Å². The standard InChI is InChI=1S/C22H34F2N6O/c1-26-21-17(7-8-19(28-21)30-11-5-3-2-4-6-12-30)20(25)22(31)27-16-9-13-29(14-10-16)15-18(23)24/h7-8,16,18,25H,2-6,9-15H2,1H3,(H,26,28)(H,27,31). The number of hydrogen-bond acceptors (Lipinski definition) is 6. The van der Waals surface area contributed by atoms with Crippen molar-refractivity contribution in [2.24, 2.45) is 0 Å². The van der Waals surface area contributed by atoms with Gasteiger partial charge in [-0.15, -0.1) is 0 Å². The van der Waals surface area contributed by atoms with Crippen molar-refractivity contribution in [1.29, 1.82) is 5.41 Å². The van der Waals surface area contributed by atoms with Crippen LogP contribution in [0, 0.1) is 5.41 Å². The third-order valence-electron chi connectivity index (χ3n) is 6.11. The molecule has 3 heterocycles. The van der Waals surface area contributed by atoms with Crippen LogP contribution in [0.25, 0.3) is 0 Å². The molecule has 0 aliphatic carbocycles. The first-order chi connectivity index (χ1) is 15.0. The number of nitrogens with one attached hydrogen (secondary N) is 3. The van der Waals surface area contributed by atoms with Gasteiger partial charge in [0.1, 0.15) is 17.3 Å². The summed E-state index contributed by atoms with van der Waals surface area (Å²) in [7, 11) is 1.74. The first-order valence-corrected chi connectivity index (χ1v) is 11.3. The maximum Gasteiger partial charge on any atom is 0.270 e. The third kappa shape index (κ3) is 6.59. The van der Waals surface area contributed by atoms with Crippen LogP contribution in [0.3, 0.4) is 0 Å². The number of hydrogen-bond donors (Lipinski definition) is 3. The van der Waals surface area contributed by atoms with Crippen molar-refractivity contribution < 1.29 is 13.6 Å². The molecule has 3 N–H and O–H groups in total. The molecule has 31 heavy (non-hydrogen) atoms. The van der Waals surface area contributed by atoms with Gasteiger partial charge in [-0.25, -0.2) is 13.8 Å². The fraction of sp³-hybridized carbons (Fsp3) is 0.682. The van der Waals surface area contributed by atoms with E-state index in [4.69, 9.17) is 10.4 Å². The smallest absolute Gasteiger partial charge is 0.270 e. The van der Waals surface area contributed by atoms with E-state index in [0.29, 0.717) is 37.3 Å². The van der Waals surface area contributed by atoms with Crippen molar-refractivity contribution in [2.45, 2.75) is 57.4 Å². The molecule has 3 rings (SSSR count). The van der Waals surface area contributed by atoms with E-state index in [1.807, 2.05) is 6.07 Å². The van der Waals surface area contributed by atoms with Gasteiger partial charge in [-0.05, 0) is 37.8 Å². The second kappa shape index (κ2) is 11.4. The van der Waals surface area contributed by atoms with E-state index in [-0.39, 0.29) is 18.3 Å². The lowest BCUT2D eigenvalue weighted by atomic mass is 10.0. The summed E-state index contributed by atoms with van der Waals surface area (Å²) in [5, 5.41) is 14.3. The van der Waals surface area contributed by atoms with Crippen molar-refractivity contribution in [1.82, 2.24) is 15.2 Å². The molecule has 0 atom stereocenters. The highest BCUT2D eigenvalue weighted by molar-refractivity contribution is 6.45. The van der Waals surface area contributed by atoms with Gasteiger partial charge in [0.15, 0.2) is 0 Å². The number of anilines is 2. The summed E-state index contributed by atoms with van der Waals surface area (Å²) in [6.07, 6.45) is 4.93. The topological polar surface area (TPSA) is 84.4 Å². The fourth-order valence-corrected chi connectivity index (χ4v) is 4.33. The number of amides is 1. The van der Waals surface area contributed by atoms with Crippen LogP contribution < -0.4 is 15.5 Å². The van der Waals surface area contributed by atoms with Crippen molar-refractivity contribution in [3.8, 4) is 0 Å². The Balaban J connectivity index is 1.60. The van der Waals surface area contributed by atoms with Crippen LogP contribution in [-0.4, -0.2) is 73.7 Å². The van der Waals surface area contributed by atoms with Crippen LogP contribution in [0.4, 0.5) is 20.4 Å². The highest BCUT2D eigenvalue weighted by atomic mass is 19.3. The maximum atomic E-state index is 12.7. The van der Waals surface area contributed by atoms with Gasteiger partial charge in [0.2, 0.25) is 0 Å². The molecule has 0 aromatic carbocycles. The molecule has 0 radical (unpaired) electrons. The molecule has 2 fully saturated rings. The molecule has 172 valence electrons. The number of nitrogens with zero attached hydrogens (tertiary/aromatic N) is 3. The van der Waals surface area contributed by atoms with Gasteiger partial charge in [-0.1, -0.05) is 19.3 Å². The summed E-state index contributed by atoms with van der Waals surface area (Å²) in [6.45, 7) is 2.76. The molecule has 1 amide bonds. The number of likely N-dealkylation sites (tertiary alicyclic amines) is 1. The largest absolute Gasteiger partial charge is 0.373 e. The molecule has 2 saturated heterocycles. The van der Waals surface area contributed by atoms with E-state index in [0.717, 1.165) is 31.7 Å². The second-order valence-corrected chi connectivity index (χ2v) is 8.38. The molecule has 0 bridgehead atoms. The highest BCUT2D eigenvalue weighted by Gasteiger charge is 2.25. The van der Waals surface area contributed by atoms with Gasteiger partial charge in [0.25, 0.3) is 12.3 Å². The monoisotopic (exact) mass is 436 g/mol. The predicted octanol–water partition coefficient (Wildman–Crippen LogP) is 3.11. The summed E-state index contributed by atoms with van der Waals surface area (Å²) in [5.41, 5.74) is 0.331. The van der Waals surface area contributed by atoms with Crippen LogP contribution in [-0.2, 0) is 4.79 Å².